The van der Waals surface area contributed by atoms with Crippen molar-refractivity contribution in [2.45, 2.75) is 0 Å². The van der Waals surface area contributed by atoms with E-state index in [-0.39, 0.29) is 24.0 Å². The number of halogens is 1. The van der Waals surface area contributed by atoms with Gasteiger partial charge in [-0.15, -0.1) is 24.0 Å². The fraction of sp³-hybridized carbons (Fsp3) is 0. The van der Waals surface area contributed by atoms with Crippen LogP contribution in [0.3, 0.4) is 0 Å². The van der Waals surface area contributed by atoms with Gasteiger partial charge in [-0.25, -0.2) is 19.9 Å². The summed E-state index contributed by atoms with van der Waals surface area (Å²) in [6.07, 6.45) is 6.66. The lowest BCUT2D eigenvalue weighted by Gasteiger charge is -1.93. The first-order chi connectivity index (χ1) is 5.97. The van der Waals surface area contributed by atoms with Crippen LogP contribution in [0.4, 0.5) is 0 Å². The normalized spacial score (nSPS) is 8.92. The minimum Gasteiger partial charge on any atom is -0.234 e. The van der Waals surface area contributed by atoms with Crippen LogP contribution in [0.1, 0.15) is 0 Å². The Morgan fingerprint density at radius 1 is 0.615 bits per heavy atom. The van der Waals surface area contributed by atoms with Gasteiger partial charge in [0.1, 0.15) is 0 Å². The van der Waals surface area contributed by atoms with Crippen molar-refractivity contribution in [1.29, 1.82) is 0 Å². The quantitative estimate of drug-likeness (QED) is 0.746. The van der Waals surface area contributed by atoms with Crippen LogP contribution in [-0.2, 0) is 0 Å². The van der Waals surface area contributed by atoms with Gasteiger partial charge in [-0.05, 0) is 12.1 Å². The van der Waals surface area contributed by atoms with Crippen LogP contribution < -0.4 is 0 Å². The molecule has 0 N–H and O–H groups in total. The average molecular weight is 286 g/mol. The fourth-order valence-electron chi connectivity index (χ4n) is 0.829. The lowest BCUT2D eigenvalue weighted by atomic mass is 10.5. The number of rotatable bonds is 1. The molecule has 4 nitrogen and oxygen atoms in total. The van der Waals surface area contributed by atoms with Gasteiger partial charge in [0, 0.05) is 24.8 Å². The maximum atomic E-state index is 4.01. The summed E-state index contributed by atoms with van der Waals surface area (Å²) in [5, 5.41) is 0. The van der Waals surface area contributed by atoms with Gasteiger partial charge >= 0.3 is 0 Å². The van der Waals surface area contributed by atoms with Crippen molar-refractivity contribution in [2.75, 3.05) is 0 Å². The second kappa shape index (κ2) is 4.80. The van der Waals surface area contributed by atoms with E-state index in [1.807, 2.05) is 0 Å². The van der Waals surface area contributed by atoms with Gasteiger partial charge in [0.05, 0.1) is 0 Å². The molecule has 0 amide bonds. The van der Waals surface area contributed by atoms with Crippen LogP contribution in [0, 0.1) is 0 Å². The van der Waals surface area contributed by atoms with E-state index in [1.165, 1.54) is 0 Å². The van der Waals surface area contributed by atoms with Gasteiger partial charge in [0.2, 0.25) is 0 Å². The van der Waals surface area contributed by atoms with Crippen molar-refractivity contribution >= 4 is 24.0 Å². The van der Waals surface area contributed by atoms with Crippen LogP contribution >= 0.6 is 24.0 Å². The smallest absolute Gasteiger partial charge is 0.197 e. The van der Waals surface area contributed by atoms with E-state index in [4.69, 9.17) is 0 Å². The lowest BCUT2D eigenvalue weighted by molar-refractivity contribution is 1.08. The van der Waals surface area contributed by atoms with Crippen molar-refractivity contribution in [3.05, 3.63) is 36.9 Å². The van der Waals surface area contributed by atoms with E-state index in [2.05, 4.69) is 19.9 Å². The number of nitrogens with zero attached hydrogens (tertiary/aromatic N) is 4. The molecule has 2 aromatic rings. The summed E-state index contributed by atoms with van der Waals surface area (Å²) in [6, 6.07) is 3.51. The predicted octanol–water partition coefficient (Wildman–Crippen LogP) is 1.55. The van der Waals surface area contributed by atoms with E-state index < -0.39 is 0 Å². The Kier molecular flexibility index (Phi) is 3.69. The number of aromatic nitrogens is 4. The molecule has 0 fully saturated rings. The zero-order chi connectivity index (χ0) is 8.23. The summed E-state index contributed by atoms with van der Waals surface area (Å²) in [6.45, 7) is 0. The second-order valence-electron chi connectivity index (χ2n) is 2.14. The first-order valence-corrected chi connectivity index (χ1v) is 3.51. The molecule has 0 bridgehead atoms. The molecule has 13 heavy (non-hydrogen) atoms. The summed E-state index contributed by atoms with van der Waals surface area (Å²) in [7, 11) is 0. The molecular weight excluding hydrogens is 279 g/mol. The molecule has 0 aliphatic heterocycles. The van der Waals surface area contributed by atoms with Gasteiger partial charge in [-0.3, -0.25) is 0 Å². The van der Waals surface area contributed by atoms with Crippen molar-refractivity contribution < 1.29 is 0 Å². The van der Waals surface area contributed by atoms with Gasteiger partial charge in [0.15, 0.2) is 11.6 Å². The Bertz CT molecular complexity index is 314. The Labute approximate surface area is 92.5 Å². The molecule has 2 rings (SSSR count). The monoisotopic (exact) mass is 286 g/mol. The molecule has 0 saturated carbocycles. The van der Waals surface area contributed by atoms with Crippen molar-refractivity contribution in [3.63, 3.8) is 0 Å². The maximum Gasteiger partial charge on any atom is 0.197 e. The van der Waals surface area contributed by atoms with Gasteiger partial charge in [-0.2, -0.15) is 0 Å². The molecule has 0 aliphatic carbocycles. The highest BCUT2D eigenvalue weighted by Crippen LogP contribution is 2.03. The summed E-state index contributed by atoms with van der Waals surface area (Å²) < 4.78 is 0. The van der Waals surface area contributed by atoms with Crippen LogP contribution in [0.25, 0.3) is 11.6 Å². The van der Waals surface area contributed by atoms with Crippen molar-refractivity contribution in [3.8, 4) is 11.6 Å². The largest absolute Gasteiger partial charge is 0.234 e. The van der Waals surface area contributed by atoms with E-state index in [1.54, 1.807) is 36.9 Å². The molecule has 0 unspecified atom stereocenters. The molecular formula is C8H7IN4. The Morgan fingerprint density at radius 2 is 0.923 bits per heavy atom. The van der Waals surface area contributed by atoms with Crippen LogP contribution in [0.5, 0.6) is 0 Å². The molecule has 2 aromatic heterocycles. The van der Waals surface area contributed by atoms with Crippen molar-refractivity contribution in [1.82, 2.24) is 19.9 Å². The molecule has 0 saturated heterocycles. The minimum absolute atomic E-state index is 0. The molecule has 0 aliphatic rings. The van der Waals surface area contributed by atoms with Crippen molar-refractivity contribution in [2.24, 2.45) is 0 Å². The molecule has 0 spiro atoms. The predicted molar refractivity (Wildman–Crippen MR) is 58.5 cm³/mol. The average Bonchev–Trinajstić information content (AvgIpc) is 2.21. The molecule has 0 aromatic carbocycles. The highest BCUT2D eigenvalue weighted by molar-refractivity contribution is 14.0. The third-order valence-electron chi connectivity index (χ3n) is 1.33. The Hall–Kier alpha value is -1.11. The van der Waals surface area contributed by atoms with Crippen LogP contribution in [0.2, 0.25) is 0 Å². The highest BCUT2D eigenvalue weighted by Gasteiger charge is 1.99. The first kappa shape index (κ1) is 9.97. The van der Waals surface area contributed by atoms with Gasteiger partial charge in [-0.1, -0.05) is 0 Å². The fourth-order valence-corrected chi connectivity index (χ4v) is 0.829. The standard InChI is InChI=1S/C8H6N4.HI/c1-3-9-7(10-4-1)8-11-5-2-6-12-8;/h1-6H;1H. The minimum atomic E-state index is 0. The zero-order valence-corrected chi connectivity index (χ0v) is 8.99. The molecule has 5 heteroatoms. The summed E-state index contributed by atoms with van der Waals surface area (Å²) >= 11 is 0. The van der Waals surface area contributed by atoms with E-state index in [0.29, 0.717) is 11.6 Å². The summed E-state index contributed by atoms with van der Waals surface area (Å²) in [4.78, 5) is 16.1. The summed E-state index contributed by atoms with van der Waals surface area (Å²) in [5.41, 5.74) is 0. The molecule has 66 valence electrons. The number of hydrogen-bond acceptors (Lipinski definition) is 4. The maximum absolute atomic E-state index is 4.01. The molecule has 2 heterocycles. The molecule has 0 atom stereocenters. The second-order valence-corrected chi connectivity index (χ2v) is 2.14. The van der Waals surface area contributed by atoms with Gasteiger partial charge in [0.25, 0.3) is 0 Å². The van der Waals surface area contributed by atoms with Gasteiger partial charge < -0.3 is 0 Å². The van der Waals surface area contributed by atoms with E-state index in [0.717, 1.165) is 0 Å². The summed E-state index contributed by atoms with van der Waals surface area (Å²) in [5.74, 6) is 1.11. The van der Waals surface area contributed by atoms with E-state index >= 15 is 0 Å². The van der Waals surface area contributed by atoms with E-state index in [9.17, 15) is 0 Å². The Morgan fingerprint density at radius 3 is 1.23 bits per heavy atom. The first-order valence-electron chi connectivity index (χ1n) is 3.51. The highest BCUT2D eigenvalue weighted by atomic mass is 127. The Balaban J connectivity index is 0.000000845. The zero-order valence-electron chi connectivity index (χ0n) is 6.66. The topological polar surface area (TPSA) is 51.6 Å². The number of hydrogen-bond donors (Lipinski definition) is 0. The molecule has 0 radical (unpaired) electrons. The van der Waals surface area contributed by atoms with Crippen LogP contribution in [-0.4, -0.2) is 19.9 Å². The van der Waals surface area contributed by atoms with Crippen LogP contribution in [0.15, 0.2) is 36.9 Å². The SMILES string of the molecule is I.c1cnc(-c2ncccn2)nc1. The lowest BCUT2D eigenvalue weighted by Crippen LogP contribution is -1.91. The third kappa shape index (κ3) is 2.41. The third-order valence-corrected chi connectivity index (χ3v) is 1.33.